The summed E-state index contributed by atoms with van der Waals surface area (Å²) < 4.78 is 17.9. The minimum absolute atomic E-state index is 0.169. The van der Waals surface area contributed by atoms with Gasteiger partial charge in [0.25, 0.3) is 5.91 Å². The lowest BCUT2D eigenvalue weighted by molar-refractivity contribution is -0.146. The van der Waals surface area contributed by atoms with Crippen molar-refractivity contribution >= 4 is 23.2 Å². The molecule has 2 atom stereocenters. The minimum atomic E-state index is -0.388. The molecule has 3 rings (SSSR count). The summed E-state index contributed by atoms with van der Waals surface area (Å²) >= 11 is 1.69. The maximum Gasteiger partial charge on any atom is 0.323 e. The lowest BCUT2D eigenvalue weighted by Gasteiger charge is -2.21. The summed E-state index contributed by atoms with van der Waals surface area (Å²) in [7, 11) is 1.38. The highest BCUT2D eigenvalue weighted by Crippen LogP contribution is 2.25. The van der Waals surface area contributed by atoms with Crippen molar-refractivity contribution < 1.29 is 18.7 Å². The number of amides is 1. The van der Waals surface area contributed by atoms with Crippen molar-refractivity contribution in [3.8, 4) is 0 Å². The number of carbonyl (C=O) groups is 2. The lowest BCUT2D eigenvalue weighted by atomic mass is 10.1. The molecule has 26 heavy (non-hydrogen) atoms. The highest BCUT2D eigenvalue weighted by atomic mass is 32.1. The number of esters is 1. The molecular weight excluding hydrogens is 355 g/mol. The number of ether oxygens (including phenoxy) is 1. The van der Waals surface area contributed by atoms with Crippen LogP contribution < -0.4 is 5.32 Å². The van der Waals surface area contributed by atoms with Gasteiger partial charge in [0, 0.05) is 34.4 Å². The summed E-state index contributed by atoms with van der Waals surface area (Å²) in [5.41, 5.74) is 0.397. The Morgan fingerprint density at radius 1 is 1.27 bits per heavy atom. The van der Waals surface area contributed by atoms with Crippen molar-refractivity contribution in [1.82, 2.24) is 10.2 Å². The molecule has 0 unspecified atom stereocenters. The van der Waals surface area contributed by atoms with Crippen LogP contribution in [-0.2, 0) is 16.1 Å². The van der Waals surface area contributed by atoms with E-state index in [1.807, 2.05) is 11.8 Å². The predicted molar refractivity (Wildman–Crippen MR) is 97.5 cm³/mol. The molecule has 138 valence electrons. The van der Waals surface area contributed by atoms with Crippen LogP contribution >= 0.6 is 11.3 Å². The highest BCUT2D eigenvalue weighted by Gasteiger charge is 2.38. The maximum absolute atomic E-state index is 13.0. The van der Waals surface area contributed by atoms with Gasteiger partial charge < -0.3 is 10.1 Å². The summed E-state index contributed by atoms with van der Waals surface area (Å²) in [6.45, 7) is 3.24. The van der Waals surface area contributed by atoms with Crippen molar-refractivity contribution in [1.29, 1.82) is 0 Å². The quantitative estimate of drug-likeness (QED) is 0.816. The van der Waals surface area contributed by atoms with Crippen molar-refractivity contribution in [3.05, 3.63) is 57.5 Å². The average Bonchev–Trinajstić information content (AvgIpc) is 3.21. The van der Waals surface area contributed by atoms with Crippen LogP contribution in [-0.4, -0.2) is 42.5 Å². The fourth-order valence-electron chi connectivity index (χ4n) is 3.20. The molecule has 0 saturated carbocycles. The monoisotopic (exact) mass is 376 g/mol. The number of rotatable bonds is 5. The van der Waals surface area contributed by atoms with Crippen LogP contribution in [0.25, 0.3) is 0 Å². The minimum Gasteiger partial charge on any atom is -0.468 e. The summed E-state index contributed by atoms with van der Waals surface area (Å²) in [6.07, 6.45) is 0.490. The van der Waals surface area contributed by atoms with E-state index < -0.39 is 0 Å². The number of methoxy groups -OCH3 is 1. The first-order valence-corrected chi connectivity index (χ1v) is 9.21. The standard InChI is InChI=1S/C19H21FN2O3S/c1-12-3-8-16(26-12)11-22-10-15(9-17(22)19(24)25-2)21-18(23)13-4-6-14(20)7-5-13/h3-8,15,17H,9-11H2,1-2H3,(H,21,23)/t15-,17+/m1/s1. The molecule has 0 radical (unpaired) electrons. The number of likely N-dealkylation sites (tertiary alicyclic amines) is 1. The third-order valence-corrected chi connectivity index (χ3v) is 5.46. The third-order valence-electron chi connectivity index (χ3n) is 4.47. The average molecular weight is 376 g/mol. The van der Waals surface area contributed by atoms with E-state index in [0.717, 1.165) is 0 Å². The Labute approximate surface area is 155 Å². The first-order valence-electron chi connectivity index (χ1n) is 8.40. The van der Waals surface area contributed by atoms with Crippen LogP contribution in [0, 0.1) is 12.7 Å². The van der Waals surface area contributed by atoms with Crippen LogP contribution in [0.4, 0.5) is 4.39 Å². The molecule has 1 N–H and O–H groups in total. The van der Waals surface area contributed by atoms with Gasteiger partial charge in [-0.3, -0.25) is 14.5 Å². The summed E-state index contributed by atoms with van der Waals surface area (Å²) in [4.78, 5) is 28.9. The molecule has 1 amide bonds. The van der Waals surface area contributed by atoms with Crippen LogP contribution in [0.1, 0.15) is 26.5 Å². The number of nitrogens with zero attached hydrogens (tertiary/aromatic N) is 1. The molecule has 1 aromatic heterocycles. The van der Waals surface area contributed by atoms with E-state index in [1.165, 1.54) is 41.1 Å². The molecular formula is C19H21FN2O3S. The highest BCUT2D eigenvalue weighted by molar-refractivity contribution is 7.11. The second-order valence-corrected chi connectivity index (χ2v) is 7.77. The van der Waals surface area contributed by atoms with Gasteiger partial charge in [0.15, 0.2) is 0 Å². The van der Waals surface area contributed by atoms with Crippen LogP contribution in [0.15, 0.2) is 36.4 Å². The molecule has 1 saturated heterocycles. The molecule has 0 spiro atoms. The fraction of sp³-hybridized carbons (Fsp3) is 0.368. The van der Waals surface area contributed by atoms with E-state index in [9.17, 15) is 14.0 Å². The molecule has 5 nitrogen and oxygen atoms in total. The number of thiophene rings is 1. The Morgan fingerprint density at radius 2 is 2.00 bits per heavy atom. The number of nitrogens with one attached hydrogen (secondary N) is 1. The number of hydrogen-bond donors (Lipinski definition) is 1. The number of carbonyl (C=O) groups excluding carboxylic acids is 2. The molecule has 7 heteroatoms. The van der Waals surface area contributed by atoms with Gasteiger partial charge in [-0.1, -0.05) is 0 Å². The largest absolute Gasteiger partial charge is 0.468 e. The Bertz CT molecular complexity index is 790. The number of benzene rings is 1. The Morgan fingerprint density at radius 3 is 2.62 bits per heavy atom. The van der Waals surface area contributed by atoms with E-state index in [2.05, 4.69) is 17.4 Å². The predicted octanol–water partition coefficient (Wildman–Crippen LogP) is 2.74. The third kappa shape index (κ3) is 4.28. The first-order chi connectivity index (χ1) is 12.5. The Kier molecular flexibility index (Phi) is 5.68. The molecule has 1 aliphatic heterocycles. The molecule has 2 aromatic rings. The number of aryl methyl sites for hydroxylation is 1. The van der Waals surface area contributed by atoms with Crippen LogP contribution in [0.2, 0.25) is 0 Å². The molecule has 0 aliphatic carbocycles. The topological polar surface area (TPSA) is 58.6 Å². The van der Waals surface area contributed by atoms with E-state index >= 15 is 0 Å². The first kappa shape index (κ1) is 18.5. The molecule has 1 aliphatic rings. The van der Waals surface area contributed by atoms with Gasteiger partial charge in [-0.05, 0) is 49.7 Å². The zero-order valence-electron chi connectivity index (χ0n) is 14.7. The van der Waals surface area contributed by atoms with Crippen molar-refractivity contribution in [3.63, 3.8) is 0 Å². The summed E-state index contributed by atoms with van der Waals surface area (Å²) in [5, 5.41) is 2.94. The van der Waals surface area contributed by atoms with E-state index in [4.69, 9.17) is 4.74 Å². The van der Waals surface area contributed by atoms with Crippen molar-refractivity contribution in [2.75, 3.05) is 13.7 Å². The zero-order chi connectivity index (χ0) is 18.7. The fourth-order valence-corrected chi connectivity index (χ4v) is 4.12. The van der Waals surface area contributed by atoms with Crippen molar-refractivity contribution in [2.24, 2.45) is 0 Å². The van der Waals surface area contributed by atoms with Gasteiger partial charge in [0.2, 0.25) is 0 Å². The second-order valence-electron chi connectivity index (χ2n) is 6.39. The SMILES string of the molecule is COC(=O)[C@@H]1C[C@@H](NC(=O)c2ccc(F)cc2)CN1Cc1ccc(C)s1. The summed E-state index contributed by atoms with van der Waals surface area (Å²) in [6, 6.07) is 8.96. The molecule has 1 fully saturated rings. The number of hydrogen-bond acceptors (Lipinski definition) is 5. The smallest absolute Gasteiger partial charge is 0.323 e. The molecule has 0 bridgehead atoms. The normalized spacial score (nSPS) is 20.1. The van der Waals surface area contributed by atoms with Gasteiger partial charge in [-0.15, -0.1) is 11.3 Å². The van der Waals surface area contributed by atoms with Crippen LogP contribution in [0.5, 0.6) is 0 Å². The van der Waals surface area contributed by atoms with Gasteiger partial charge >= 0.3 is 5.97 Å². The zero-order valence-corrected chi connectivity index (χ0v) is 15.5. The Balaban J connectivity index is 1.68. The summed E-state index contributed by atoms with van der Waals surface area (Å²) in [5.74, 6) is -0.949. The van der Waals surface area contributed by atoms with Crippen LogP contribution in [0.3, 0.4) is 0 Å². The van der Waals surface area contributed by atoms with E-state index in [0.29, 0.717) is 25.1 Å². The van der Waals surface area contributed by atoms with Gasteiger partial charge in [-0.2, -0.15) is 0 Å². The van der Waals surface area contributed by atoms with E-state index in [-0.39, 0.29) is 29.8 Å². The second kappa shape index (κ2) is 7.97. The van der Waals surface area contributed by atoms with Gasteiger partial charge in [0.1, 0.15) is 11.9 Å². The number of halogens is 1. The van der Waals surface area contributed by atoms with Crippen molar-refractivity contribution in [2.45, 2.75) is 32.0 Å². The van der Waals surface area contributed by atoms with E-state index in [1.54, 1.807) is 11.3 Å². The lowest BCUT2D eigenvalue weighted by Crippen LogP contribution is -2.37. The van der Waals surface area contributed by atoms with Gasteiger partial charge in [-0.25, -0.2) is 4.39 Å². The molecule has 1 aromatic carbocycles. The maximum atomic E-state index is 13.0. The Hall–Kier alpha value is -2.25. The molecule has 2 heterocycles. The van der Waals surface area contributed by atoms with Gasteiger partial charge in [0.05, 0.1) is 7.11 Å².